The Balaban J connectivity index is 2.81. The summed E-state index contributed by atoms with van der Waals surface area (Å²) in [5.74, 6) is -0.473. The first-order valence-corrected chi connectivity index (χ1v) is 5.97. The minimum atomic E-state index is -0.638. The van der Waals surface area contributed by atoms with Crippen LogP contribution in [0, 0.1) is 5.82 Å². The van der Waals surface area contributed by atoms with Gasteiger partial charge in [0.15, 0.2) is 5.78 Å². The van der Waals surface area contributed by atoms with Gasteiger partial charge in [0, 0.05) is 11.4 Å². The minimum Gasteiger partial charge on any atom is -0.306 e. The van der Waals surface area contributed by atoms with Gasteiger partial charge in [0.25, 0.3) is 0 Å². The van der Waals surface area contributed by atoms with Gasteiger partial charge in [0.1, 0.15) is 5.82 Å². The van der Waals surface area contributed by atoms with Crippen LogP contribution in [0.5, 0.6) is 0 Å². The summed E-state index contributed by atoms with van der Waals surface area (Å²) in [5.41, 5.74) is -0.258. The molecule has 94 valence electrons. The van der Waals surface area contributed by atoms with Gasteiger partial charge in [-0.1, -0.05) is 24.6 Å². The Morgan fingerprint density at radius 3 is 2.65 bits per heavy atom. The van der Waals surface area contributed by atoms with Crippen LogP contribution in [-0.2, 0) is 11.2 Å². The van der Waals surface area contributed by atoms with Crippen LogP contribution in [0.15, 0.2) is 18.2 Å². The molecule has 17 heavy (non-hydrogen) atoms. The summed E-state index contributed by atoms with van der Waals surface area (Å²) in [4.78, 5) is 12.0. The van der Waals surface area contributed by atoms with E-state index in [1.807, 2.05) is 6.92 Å². The molecule has 0 bridgehead atoms. The van der Waals surface area contributed by atoms with E-state index >= 15 is 0 Å². The predicted octanol–water partition coefficient (Wildman–Crippen LogP) is 2.98. The largest absolute Gasteiger partial charge is 0.306 e. The molecule has 0 spiro atoms. The van der Waals surface area contributed by atoms with Gasteiger partial charge in [-0.2, -0.15) is 0 Å². The molecule has 1 aromatic carbocycles. The van der Waals surface area contributed by atoms with Crippen molar-refractivity contribution in [3.05, 3.63) is 34.6 Å². The molecule has 0 fully saturated rings. The Morgan fingerprint density at radius 1 is 1.47 bits per heavy atom. The molecule has 0 radical (unpaired) electrons. The molecule has 4 heteroatoms. The number of hydrogen-bond acceptors (Lipinski definition) is 2. The fourth-order valence-electron chi connectivity index (χ4n) is 1.60. The van der Waals surface area contributed by atoms with E-state index in [0.717, 1.165) is 0 Å². The molecule has 1 rings (SSSR count). The molecule has 0 amide bonds. The van der Waals surface area contributed by atoms with E-state index in [1.165, 1.54) is 6.07 Å². The SMILES string of the molecule is CCNC(C)(C)C(=O)Cc1ccc(Cl)cc1F. The number of nitrogens with one attached hydrogen (secondary N) is 1. The zero-order valence-electron chi connectivity index (χ0n) is 10.3. The number of carbonyl (C=O) groups excluding carboxylic acids is 1. The van der Waals surface area contributed by atoms with Gasteiger partial charge in [-0.3, -0.25) is 4.79 Å². The van der Waals surface area contributed by atoms with Crippen molar-refractivity contribution in [2.75, 3.05) is 6.54 Å². The maximum atomic E-state index is 13.5. The third-order valence-electron chi connectivity index (χ3n) is 2.68. The van der Waals surface area contributed by atoms with Crippen LogP contribution >= 0.6 is 11.6 Å². The van der Waals surface area contributed by atoms with Crippen LogP contribution in [0.2, 0.25) is 5.02 Å². The highest BCUT2D eigenvalue weighted by Gasteiger charge is 2.26. The van der Waals surface area contributed by atoms with Gasteiger partial charge in [0.2, 0.25) is 0 Å². The second-order valence-electron chi connectivity index (χ2n) is 4.49. The number of carbonyl (C=O) groups is 1. The van der Waals surface area contributed by atoms with E-state index in [2.05, 4.69) is 5.32 Å². The number of ketones is 1. The zero-order chi connectivity index (χ0) is 13.1. The monoisotopic (exact) mass is 257 g/mol. The molecule has 0 saturated carbocycles. The molecule has 0 aromatic heterocycles. The van der Waals surface area contributed by atoms with Gasteiger partial charge in [0.05, 0.1) is 5.54 Å². The second kappa shape index (κ2) is 5.61. The van der Waals surface area contributed by atoms with Crippen LogP contribution in [0.1, 0.15) is 26.3 Å². The first-order valence-electron chi connectivity index (χ1n) is 5.59. The summed E-state index contributed by atoms with van der Waals surface area (Å²) >= 11 is 5.66. The lowest BCUT2D eigenvalue weighted by Gasteiger charge is -2.24. The van der Waals surface area contributed by atoms with Crippen molar-refractivity contribution in [1.82, 2.24) is 5.32 Å². The predicted molar refractivity (Wildman–Crippen MR) is 67.9 cm³/mol. The molecular formula is C13H17ClFNO. The highest BCUT2D eigenvalue weighted by Crippen LogP contribution is 2.17. The Labute approximate surface area is 106 Å². The average Bonchev–Trinajstić information content (AvgIpc) is 2.22. The molecule has 2 nitrogen and oxygen atoms in total. The van der Waals surface area contributed by atoms with Crippen molar-refractivity contribution in [3.8, 4) is 0 Å². The smallest absolute Gasteiger partial charge is 0.156 e. The van der Waals surface area contributed by atoms with Crippen LogP contribution in [0.4, 0.5) is 4.39 Å². The number of Topliss-reactive ketones (excluding diaryl/α,β-unsaturated/α-hetero) is 1. The molecule has 0 atom stereocenters. The van der Waals surface area contributed by atoms with Crippen molar-refractivity contribution in [3.63, 3.8) is 0 Å². The zero-order valence-corrected chi connectivity index (χ0v) is 11.1. The normalized spacial score (nSPS) is 11.6. The molecule has 1 aromatic rings. The topological polar surface area (TPSA) is 29.1 Å². The number of halogens is 2. The number of rotatable bonds is 5. The highest BCUT2D eigenvalue weighted by molar-refractivity contribution is 6.30. The molecule has 0 unspecified atom stereocenters. The average molecular weight is 258 g/mol. The Hall–Kier alpha value is -0.930. The summed E-state index contributed by atoms with van der Waals surface area (Å²) < 4.78 is 13.5. The van der Waals surface area contributed by atoms with Crippen LogP contribution < -0.4 is 5.32 Å². The summed E-state index contributed by atoms with van der Waals surface area (Å²) in [5, 5.41) is 3.41. The highest BCUT2D eigenvalue weighted by atomic mass is 35.5. The third kappa shape index (κ3) is 3.79. The van der Waals surface area contributed by atoms with Crippen molar-refractivity contribution < 1.29 is 9.18 Å². The van der Waals surface area contributed by atoms with Gasteiger partial charge >= 0.3 is 0 Å². The molecule has 0 heterocycles. The lowest BCUT2D eigenvalue weighted by atomic mass is 9.93. The van der Waals surface area contributed by atoms with E-state index in [0.29, 0.717) is 17.1 Å². The van der Waals surface area contributed by atoms with Gasteiger partial charge < -0.3 is 5.32 Å². The number of likely N-dealkylation sites (N-methyl/N-ethyl adjacent to an activating group) is 1. The van der Waals surface area contributed by atoms with E-state index in [9.17, 15) is 9.18 Å². The van der Waals surface area contributed by atoms with E-state index in [4.69, 9.17) is 11.6 Å². The Kier molecular flexibility index (Phi) is 4.66. The first-order chi connectivity index (χ1) is 7.86. The minimum absolute atomic E-state index is 0.0411. The van der Waals surface area contributed by atoms with E-state index < -0.39 is 11.4 Å². The first kappa shape index (κ1) is 14.1. The van der Waals surface area contributed by atoms with Gasteiger partial charge in [-0.15, -0.1) is 0 Å². The number of hydrogen-bond donors (Lipinski definition) is 1. The van der Waals surface area contributed by atoms with Crippen molar-refractivity contribution in [1.29, 1.82) is 0 Å². The number of benzene rings is 1. The summed E-state index contributed by atoms with van der Waals surface area (Å²) in [6, 6.07) is 4.37. The molecular weight excluding hydrogens is 241 g/mol. The van der Waals surface area contributed by atoms with Crippen molar-refractivity contribution >= 4 is 17.4 Å². The summed E-state index contributed by atoms with van der Waals surface area (Å²) in [7, 11) is 0. The van der Waals surface area contributed by atoms with Gasteiger partial charge in [-0.05, 0) is 38.1 Å². The summed E-state index contributed by atoms with van der Waals surface area (Å²) in [6.07, 6.45) is 0.0724. The molecule has 0 aliphatic rings. The van der Waals surface area contributed by atoms with Gasteiger partial charge in [-0.25, -0.2) is 4.39 Å². The quantitative estimate of drug-likeness (QED) is 0.879. The maximum Gasteiger partial charge on any atom is 0.156 e. The maximum absolute atomic E-state index is 13.5. The van der Waals surface area contributed by atoms with Crippen molar-refractivity contribution in [2.24, 2.45) is 0 Å². The lowest BCUT2D eigenvalue weighted by Crippen LogP contribution is -2.47. The molecule has 0 aliphatic carbocycles. The third-order valence-corrected chi connectivity index (χ3v) is 2.92. The lowest BCUT2D eigenvalue weighted by molar-refractivity contribution is -0.123. The van der Waals surface area contributed by atoms with E-state index in [1.54, 1.807) is 26.0 Å². The van der Waals surface area contributed by atoms with Crippen LogP contribution in [0.25, 0.3) is 0 Å². The van der Waals surface area contributed by atoms with Crippen LogP contribution in [0.3, 0.4) is 0 Å². The molecule has 1 N–H and O–H groups in total. The Bertz CT molecular complexity index is 418. The van der Waals surface area contributed by atoms with E-state index in [-0.39, 0.29) is 12.2 Å². The molecule has 0 saturated heterocycles. The van der Waals surface area contributed by atoms with Crippen LogP contribution in [-0.4, -0.2) is 17.9 Å². The summed E-state index contributed by atoms with van der Waals surface area (Å²) in [6.45, 7) is 6.22. The Morgan fingerprint density at radius 2 is 2.12 bits per heavy atom. The second-order valence-corrected chi connectivity index (χ2v) is 4.93. The molecule has 0 aliphatic heterocycles. The fraction of sp³-hybridized carbons (Fsp3) is 0.462. The fourth-order valence-corrected chi connectivity index (χ4v) is 1.76. The van der Waals surface area contributed by atoms with Crippen molar-refractivity contribution in [2.45, 2.75) is 32.7 Å². The standard InChI is InChI=1S/C13H17ClFNO/c1-4-16-13(2,3)12(17)7-9-5-6-10(14)8-11(9)15/h5-6,8,16H,4,7H2,1-3H3.